The van der Waals surface area contributed by atoms with Gasteiger partial charge >= 0.3 is 5.97 Å². The molecule has 7 nitrogen and oxygen atoms in total. The van der Waals surface area contributed by atoms with Crippen LogP contribution in [-0.4, -0.2) is 27.0 Å². The van der Waals surface area contributed by atoms with Crippen LogP contribution in [0.1, 0.15) is 19.3 Å². The number of benzene rings is 1. The molecule has 3 aromatic rings. The van der Waals surface area contributed by atoms with Crippen molar-refractivity contribution in [3.8, 4) is 11.5 Å². The molecule has 0 atom stereocenters. The topological polar surface area (TPSA) is 105 Å². The lowest BCUT2D eigenvalue weighted by Crippen LogP contribution is -2.11. The number of aliphatic carboxylic acids is 1. The van der Waals surface area contributed by atoms with Crippen molar-refractivity contribution >= 4 is 28.7 Å². The number of fused-ring (bicyclic) bond motifs is 1. The Morgan fingerprint density at radius 1 is 1.12 bits per heavy atom. The van der Waals surface area contributed by atoms with Gasteiger partial charge in [-0.3, -0.25) is 14.6 Å². The van der Waals surface area contributed by atoms with E-state index in [9.17, 15) is 9.59 Å². The highest BCUT2D eigenvalue weighted by atomic mass is 16.4. The van der Waals surface area contributed by atoms with Gasteiger partial charge in [0.25, 0.3) is 0 Å². The molecular weight excluding hydrogens is 310 g/mol. The van der Waals surface area contributed by atoms with Crippen molar-refractivity contribution < 1.29 is 19.1 Å². The van der Waals surface area contributed by atoms with E-state index in [2.05, 4.69) is 15.3 Å². The van der Waals surface area contributed by atoms with Gasteiger partial charge in [-0.2, -0.15) is 0 Å². The molecule has 0 aliphatic carbocycles. The molecule has 2 aromatic heterocycles. The normalized spacial score (nSPS) is 10.7. The van der Waals surface area contributed by atoms with E-state index in [1.54, 1.807) is 42.7 Å². The van der Waals surface area contributed by atoms with Gasteiger partial charge in [-0.05, 0) is 30.7 Å². The minimum atomic E-state index is -0.908. The Morgan fingerprint density at radius 3 is 2.67 bits per heavy atom. The number of hydrogen-bond donors (Lipinski definition) is 2. The van der Waals surface area contributed by atoms with Crippen LogP contribution in [0.4, 0.5) is 5.69 Å². The van der Waals surface area contributed by atoms with Crippen LogP contribution in [0.3, 0.4) is 0 Å². The summed E-state index contributed by atoms with van der Waals surface area (Å²) in [5.74, 6) is -0.656. The first kappa shape index (κ1) is 15.7. The fourth-order valence-electron chi connectivity index (χ4n) is 2.24. The molecule has 0 bridgehead atoms. The molecule has 0 saturated heterocycles. The Kier molecular flexibility index (Phi) is 4.51. The van der Waals surface area contributed by atoms with E-state index < -0.39 is 5.97 Å². The van der Waals surface area contributed by atoms with Crippen LogP contribution in [0, 0.1) is 0 Å². The zero-order valence-corrected chi connectivity index (χ0v) is 12.7. The number of aromatic nitrogens is 2. The predicted molar refractivity (Wildman–Crippen MR) is 87.4 cm³/mol. The zero-order chi connectivity index (χ0) is 16.9. The molecule has 3 rings (SSSR count). The summed E-state index contributed by atoms with van der Waals surface area (Å²) in [6.45, 7) is 0. The summed E-state index contributed by atoms with van der Waals surface area (Å²) < 4.78 is 5.72. The Labute approximate surface area is 137 Å². The van der Waals surface area contributed by atoms with Gasteiger partial charge in [-0.1, -0.05) is 0 Å². The smallest absolute Gasteiger partial charge is 0.303 e. The molecular formula is C17H15N3O4. The van der Waals surface area contributed by atoms with Gasteiger partial charge < -0.3 is 14.8 Å². The molecule has 0 spiro atoms. The molecule has 1 amide bonds. The largest absolute Gasteiger partial charge is 0.481 e. The maximum atomic E-state index is 11.8. The standard InChI is InChI=1S/C17H15N3O4/c21-15(2-1-3-16(22)23)19-12-4-5-13-14(10-12)24-17(20-13)11-6-8-18-9-7-11/h4-10H,1-3H2,(H,19,21)(H,22,23). The number of carboxylic acids is 1. The number of rotatable bonds is 6. The van der Waals surface area contributed by atoms with Gasteiger partial charge in [0.15, 0.2) is 5.58 Å². The molecule has 122 valence electrons. The second-order valence-corrected chi connectivity index (χ2v) is 5.23. The van der Waals surface area contributed by atoms with E-state index >= 15 is 0 Å². The molecule has 0 radical (unpaired) electrons. The summed E-state index contributed by atoms with van der Waals surface area (Å²) in [6, 6.07) is 8.79. The van der Waals surface area contributed by atoms with Crippen molar-refractivity contribution in [2.45, 2.75) is 19.3 Å². The van der Waals surface area contributed by atoms with Gasteiger partial charge in [0.1, 0.15) is 5.52 Å². The number of pyridine rings is 1. The molecule has 24 heavy (non-hydrogen) atoms. The number of carbonyl (C=O) groups is 2. The van der Waals surface area contributed by atoms with Crippen LogP contribution in [-0.2, 0) is 9.59 Å². The van der Waals surface area contributed by atoms with E-state index in [0.717, 1.165) is 5.56 Å². The highest BCUT2D eigenvalue weighted by molar-refractivity contribution is 5.93. The fourth-order valence-corrected chi connectivity index (χ4v) is 2.24. The Hall–Kier alpha value is -3.22. The van der Waals surface area contributed by atoms with Gasteiger partial charge in [0.05, 0.1) is 0 Å². The quantitative estimate of drug-likeness (QED) is 0.721. The summed E-state index contributed by atoms with van der Waals surface area (Å²) in [4.78, 5) is 30.6. The zero-order valence-electron chi connectivity index (χ0n) is 12.7. The van der Waals surface area contributed by atoms with Crippen molar-refractivity contribution in [3.05, 3.63) is 42.7 Å². The maximum absolute atomic E-state index is 11.8. The Bertz CT molecular complexity index is 874. The number of oxazole rings is 1. The third-order valence-corrected chi connectivity index (χ3v) is 3.39. The predicted octanol–water partition coefficient (Wildman–Crippen LogP) is 3.08. The summed E-state index contributed by atoms with van der Waals surface area (Å²) in [5.41, 5.74) is 2.65. The molecule has 7 heteroatoms. The number of nitrogens with zero attached hydrogens (tertiary/aromatic N) is 2. The van der Waals surface area contributed by atoms with Crippen molar-refractivity contribution in [2.24, 2.45) is 0 Å². The van der Waals surface area contributed by atoms with Crippen LogP contribution < -0.4 is 5.32 Å². The number of nitrogens with one attached hydrogen (secondary N) is 1. The molecule has 1 aromatic carbocycles. The minimum Gasteiger partial charge on any atom is -0.481 e. The lowest BCUT2D eigenvalue weighted by molar-refractivity contribution is -0.137. The number of amides is 1. The van der Waals surface area contributed by atoms with Gasteiger partial charge in [0, 0.05) is 42.6 Å². The van der Waals surface area contributed by atoms with Gasteiger partial charge in [0.2, 0.25) is 11.8 Å². The van der Waals surface area contributed by atoms with Crippen LogP contribution in [0.2, 0.25) is 0 Å². The van der Waals surface area contributed by atoms with E-state index in [1.165, 1.54) is 0 Å². The Morgan fingerprint density at radius 2 is 1.92 bits per heavy atom. The number of hydrogen-bond acceptors (Lipinski definition) is 5. The van der Waals surface area contributed by atoms with Crippen LogP contribution in [0.25, 0.3) is 22.6 Å². The van der Waals surface area contributed by atoms with Crippen molar-refractivity contribution in [1.29, 1.82) is 0 Å². The van der Waals surface area contributed by atoms with Crippen LogP contribution in [0.5, 0.6) is 0 Å². The summed E-state index contributed by atoms with van der Waals surface area (Å²) in [6.07, 6.45) is 3.75. The van der Waals surface area contributed by atoms with Crippen molar-refractivity contribution in [2.75, 3.05) is 5.32 Å². The van der Waals surface area contributed by atoms with E-state index in [4.69, 9.17) is 9.52 Å². The van der Waals surface area contributed by atoms with Crippen molar-refractivity contribution in [1.82, 2.24) is 9.97 Å². The lowest BCUT2D eigenvalue weighted by atomic mass is 10.2. The number of carbonyl (C=O) groups excluding carboxylic acids is 1. The highest BCUT2D eigenvalue weighted by Gasteiger charge is 2.10. The summed E-state index contributed by atoms with van der Waals surface area (Å²) >= 11 is 0. The average Bonchev–Trinajstić information content (AvgIpc) is 2.98. The molecule has 0 fully saturated rings. The summed E-state index contributed by atoms with van der Waals surface area (Å²) in [7, 11) is 0. The minimum absolute atomic E-state index is 0.0240. The van der Waals surface area contributed by atoms with E-state index in [-0.39, 0.29) is 18.7 Å². The van der Waals surface area contributed by atoms with Crippen molar-refractivity contribution in [3.63, 3.8) is 0 Å². The fraction of sp³-hybridized carbons (Fsp3) is 0.176. The van der Waals surface area contributed by atoms with Gasteiger partial charge in [-0.15, -0.1) is 0 Å². The summed E-state index contributed by atoms with van der Waals surface area (Å²) in [5, 5.41) is 11.3. The van der Waals surface area contributed by atoms with Crippen LogP contribution >= 0.6 is 0 Å². The first-order chi connectivity index (χ1) is 11.6. The third-order valence-electron chi connectivity index (χ3n) is 3.39. The molecule has 0 aliphatic rings. The third kappa shape index (κ3) is 3.75. The second kappa shape index (κ2) is 6.91. The van der Waals surface area contributed by atoms with Gasteiger partial charge in [-0.25, -0.2) is 4.98 Å². The van der Waals surface area contributed by atoms with E-state index in [1.807, 2.05) is 0 Å². The molecule has 2 heterocycles. The number of anilines is 1. The monoisotopic (exact) mass is 325 g/mol. The first-order valence-electron chi connectivity index (χ1n) is 7.44. The SMILES string of the molecule is O=C(O)CCCC(=O)Nc1ccc2nc(-c3ccncc3)oc2c1. The molecule has 2 N–H and O–H groups in total. The average molecular weight is 325 g/mol. The highest BCUT2D eigenvalue weighted by Crippen LogP contribution is 2.26. The lowest BCUT2D eigenvalue weighted by Gasteiger charge is -2.03. The molecule has 0 aliphatic heterocycles. The maximum Gasteiger partial charge on any atom is 0.303 e. The number of carboxylic acid groups (broad SMARTS) is 1. The first-order valence-corrected chi connectivity index (χ1v) is 7.44. The Balaban J connectivity index is 1.72. The molecule has 0 unspecified atom stereocenters. The van der Waals surface area contributed by atoms with Crippen LogP contribution in [0.15, 0.2) is 47.1 Å². The second-order valence-electron chi connectivity index (χ2n) is 5.23. The molecule has 0 saturated carbocycles. The van der Waals surface area contributed by atoms with E-state index in [0.29, 0.717) is 29.1 Å².